The van der Waals surface area contributed by atoms with Gasteiger partial charge in [-0.3, -0.25) is 18.6 Å². The lowest BCUT2D eigenvalue weighted by Crippen LogP contribution is -2.37. The maximum atomic E-state index is 12.8. The quantitative estimate of drug-likeness (QED) is 0.0211. The molecule has 0 saturated carbocycles. The lowest BCUT2D eigenvalue weighted by Gasteiger charge is -2.24. The molecule has 0 rings (SSSR count). The minimum atomic E-state index is -4.40. The van der Waals surface area contributed by atoms with E-state index >= 15 is 0 Å². The number of esters is 2. The summed E-state index contributed by atoms with van der Waals surface area (Å²) in [5, 5.41) is 0. The highest BCUT2D eigenvalue weighted by Gasteiger charge is 2.27. The topological polar surface area (TPSA) is 108 Å². The van der Waals surface area contributed by atoms with E-state index in [4.69, 9.17) is 18.5 Å². The molecule has 0 aromatic rings. The first kappa shape index (κ1) is 70.9. The van der Waals surface area contributed by atoms with Gasteiger partial charge in [-0.2, -0.15) is 0 Å². The van der Waals surface area contributed by atoms with E-state index in [0.29, 0.717) is 23.9 Å². The maximum Gasteiger partial charge on any atom is 0.472 e. The van der Waals surface area contributed by atoms with Gasteiger partial charge in [0, 0.05) is 12.8 Å². The van der Waals surface area contributed by atoms with E-state index in [1.807, 2.05) is 21.1 Å². The van der Waals surface area contributed by atoms with Crippen LogP contribution in [0.15, 0.2) is 97.2 Å². The molecule has 9 nitrogen and oxygen atoms in total. The van der Waals surface area contributed by atoms with E-state index in [1.54, 1.807) is 0 Å². The number of unbranched alkanes of at least 4 members (excludes halogenated alkanes) is 24. The normalized spacial score (nSPS) is 14.0. The van der Waals surface area contributed by atoms with Crippen LogP contribution in [0.2, 0.25) is 0 Å². The largest absolute Gasteiger partial charge is 0.472 e. The zero-order valence-electron chi connectivity index (χ0n) is 48.3. The molecule has 2 unspecified atom stereocenters. The van der Waals surface area contributed by atoms with Crippen LogP contribution in [-0.4, -0.2) is 74.9 Å². The van der Waals surface area contributed by atoms with Gasteiger partial charge in [-0.1, -0.05) is 239 Å². The highest BCUT2D eigenvalue weighted by molar-refractivity contribution is 7.47. The van der Waals surface area contributed by atoms with Crippen LogP contribution in [0.4, 0.5) is 0 Å². The van der Waals surface area contributed by atoms with Crippen molar-refractivity contribution in [2.75, 3.05) is 47.5 Å². The molecule has 0 aromatic carbocycles. The number of carbonyl (C=O) groups excluding carboxylic acids is 2. The fourth-order valence-corrected chi connectivity index (χ4v) is 8.80. The van der Waals surface area contributed by atoms with Crippen LogP contribution in [0.3, 0.4) is 0 Å². The Morgan fingerprint density at radius 2 is 0.730 bits per heavy atom. The zero-order chi connectivity index (χ0) is 54.2. The van der Waals surface area contributed by atoms with Crippen molar-refractivity contribution in [3.05, 3.63) is 97.2 Å². The minimum Gasteiger partial charge on any atom is -0.462 e. The second-order valence-corrected chi connectivity index (χ2v) is 22.4. The van der Waals surface area contributed by atoms with Gasteiger partial charge in [0.1, 0.15) is 19.8 Å². The maximum absolute atomic E-state index is 12.8. The molecule has 0 fully saturated rings. The van der Waals surface area contributed by atoms with Gasteiger partial charge >= 0.3 is 19.8 Å². The first-order chi connectivity index (χ1) is 36.0. The van der Waals surface area contributed by atoms with Crippen LogP contribution in [0.5, 0.6) is 0 Å². The molecule has 2 atom stereocenters. The molecule has 0 saturated heterocycles. The zero-order valence-corrected chi connectivity index (χ0v) is 49.2. The van der Waals surface area contributed by atoms with Crippen LogP contribution in [-0.2, 0) is 32.7 Å². The van der Waals surface area contributed by atoms with Crippen LogP contribution in [0.1, 0.15) is 245 Å². The number of rotatable bonds is 54. The highest BCUT2D eigenvalue weighted by atomic mass is 31.2. The van der Waals surface area contributed by atoms with Crippen LogP contribution in [0, 0.1) is 0 Å². The molecule has 0 aliphatic carbocycles. The van der Waals surface area contributed by atoms with Crippen LogP contribution < -0.4 is 0 Å². The van der Waals surface area contributed by atoms with E-state index in [1.165, 1.54) is 116 Å². The molecular weight excluding hydrogens is 942 g/mol. The number of nitrogens with zero attached hydrogens (tertiary/aromatic N) is 1. The Balaban J connectivity index is 4.07. The Bertz CT molecular complexity index is 1570. The molecule has 0 aromatic heterocycles. The first-order valence-corrected chi connectivity index (χ1v) is 31.5. The summed E-state index contributed by atoms with van der Waals surface area (Å²) >= 11 is 0. The Kier molecular flexibility index (Phi) is 52.4. The van der Waals surface area contributed by atoms with Gasteiger partial charge in [0.2, 0.25) is 0 Å². The van der Waals surface area contributed by atoms with Gasteiger partial charge in [0.15, 0.2) is 6.10 Å². The Morgan fingerprint density at radius 3 is 1.08 bits per heavy atom. The standard InChI is InChI=1S/C64H112NO8P/c1-6-8-10-12-14-16-18-20-22-24-25-26-27-28-29-30-31-32-33-34-35-36-37-38-39-41-43-45-47-49-51-53-55-57-64(67)73-62(61-72-74(68,69)71-59-58-65(3,4)5)60-70-63(66)56-54-52-50-48-46-44-42-40-23-21-19-17-15-13-11-9-7-2/h8-11,14-17,20-23,25-26,42,44,62H,6-7,12-13,18-19,24,27-41,43,45-61H2,1-5H3/p+1/b10-8-,11-9-,16-14-,17-15-,22-20-,23-21-,26-25-,44-42-. The second kappa shape index (κ2) is 54.7. The predicted molar refractivity (Wildman–Crippen MR) is 316 cm³/mol. The van der Waals surface area contributed by atoms with Crippen molar-refractivity contribution in [1.82, 2.24) is 0 Å². The van der Waals surface area contributed by atoms with Gasteiger partial charge in [-0.15, -0.1) is 0 Å². The summed E-state index contributed by atoms with van der Waals surface area (Å²) in [5.74, 6) is -0.823. The molecule has 426 valence electrons. The van der Waals surface area contributed by atoms with Gasteiger partial charge in [-0.25, -0.2) is 4.57 Å². The number of allylic oxidation sites excluding steroid dienone is 16. The molecule has 1 N–H and O–H groups in total. The van der Waals surface area contributed by atoms with Crippen molar-refractivity contribution >= 4 is 19.8 Å². The number of hydrogen-bond acceptors (Lipinski definition) is 7. The summed E-state index contributed by atoms with van der Waals surface area (Å²) in [6.07, 6.45) is 74.9. The van der Waals surface area contributed by atoms with Gasteiger partial charge in [-0.05, 0) is 89.9 Å². The number of hydrogen-bond donors (Lipinski definition) is 1. The van der Waals surface area contributed by atoms with Gasteiger partial charge in [0.05, 0.1) is 27.7 Å². The predicted octanol–water partition coefficient (Wildman–Crippen LogP) is 18.8. The molecule has 0 aliphatic rings. The SMILES string of the molecule is CC/C=C\C/C=C\C/C=C\C/C=C\CCCCCCCCCCCCCCCCCCCCCCC(=O)OC(COC(=O)CCCCCC/C=C\C/C=C\C/C=C\C/C=C\CC)COP(=O)(O)OCC[N+](C)(C)C. The first-order valence-electron chi connectivity index (χ1n) is 30.0. The second-order valence-electron chi connectivity index (χ2n) is 21.0. The Hall–Kier alpha value is -3.07. The molecular formula is C64H113NO8P+. The van der Waals surface area contributed by atoms with Gasteiger partial charge < -0.3 is 18.9 Å². The average molecular weight is 1060 g/mol. The van der Waals surface area contributed by atoms with E-state index in [9.17, 15) is 19.0 Å². The number of phosphoric ester groups is 1. The lowest BCUT2D eigenvalue weighted by molar-refractivity contribution is -0.870. The Labute approximate surface area is 455 Å². The summed E-state index contributed by atoms with van der Waals surface area (Å²) < 4.78 is 34.5. The van der Waals surface area contributed by atoms with Crippen molar-refractivity contribution in [2.45, 2.75) is 251 Å². The molecule has 0 bridgehead atoms. The third-order valence-electron chi connectivity index (χ3n) is 12.6. The van der Waals surface area contributed by atoms with Crippen molar-refractivity contribution < 1.29 is 42.1 Å². The summed E-state index contributed by atoms with van der Waals surface area (Å²) in [6.45, 7) is 4.19. The molecule has 10 heteroatoms. The van der Waals surface area contributed by atoms with E-state index in [-0.39, 0.29) is 32.0 Å². The molecule has 0 radical (unpaired) electrons. The average Bonchev–Trinajstić information content (AvgIpc) is 3.36. The number of ether oxygens (including phenoxy) is 2. The van der Waals surface area contributed by atoms with E-state index < -0.39 is 26.5 Å². The number of likely N-dealkylation sites (N-methyl/N-ethyl adjacent to an activating group) is 1. The van der Waals surface area contributed by atoms with Crippen LogP contribution in [0.25, 0.3) is 0 Å². The fraction of sp³-hybridized carbons (Fsp3) is 0.719. The van der Waals surface area contributed by atoms with Crippen molar-refractivity contribution in [2.24, 2.45) is 0 Å². The van der Waals surface area contributed by atoms with E-state index in [2.05, 4.69) is 111 Å². The summed E-state index contributed by atoms with van der Waals surface area (Å²) in [6, 6.07) is 0. The minimum absolute atomic E-state index is 0.0245. The highest BCUT2D eigenvalue weighted by Crippen LogP contribution is 2.43. The van der Waals surface area contributed by atoms with Crippen LogP contribution >= 0.6 is 7.82 Å². The van der Waals surface area contributed by atoms with Gasteiger partial charge in [0.25, 0.3) is 0 Å². The number of carbonyl (C=O) groups is 2. The summed E-state index contributed by atoms with van der Waals surface area (Å²) in [4.78, 5) is 35.7. The summed E-state index contributed by atoms with van der Waals surface area (Å²) in [5.41, 5.74) is 0. The molecule has 74 heavy (non-hydrogen) atoms. The van der Waals surface area contributed by atoms with E-state index in [0.717, 1.165) is 89.9 Å². The monoisotopic (exact) mass is 1050 g/mol. The third-order valence-corrected chi connectivity index (χ3v) is 13.6. The molecule has 0 amide bonds. The lowest BCUT2D eigenvalue weighted by atomic mass is 10.0. The summed E-state index contributed by atoms with van der Waals surface area (Å²) in [7, 11) is 1.46. The fourth-order valence-electron chi connectivity index (χ4n) is 8.06. The van der Waals surface area contributed by atoms with Crippen molar-refractivity contribution in [3.63, 3.8) is 0 Å². The Morgan fingerprint density at radius 1 is 0.419 bits per heavy atom. The number of quaternary nitrogens is 1. The van der Waals surface area contributed by atoms with Crippen molar-refractivity contribution in [3.8, 4) is 0 Å². The molecule has 0 heterocycles. The van der Waals surface area contributed by atoms with Crippen molar-refractivity contribution in [1.29, 1.82) is 0 Å². The molecule has 0 aliphatic heterocycles. The number of phosphoric acid groups is 1. The third kappa shape index (κ3) is 58.2. The smallest absolute Gasteiger partial charge is 0.462 e. The molecule has 0 spiro atoms.